The Balaban J connectivity index is 1.24. The molecular weight excluding hydrogens is 420 g/mol. The van der Waals surface area contributed by atoms with Crippen LogP contribution in [0.25, 0.3) is 11.1 Å². The molecule has 174 valence electrons. The number of hydrogen-bond donors (Lipinski definition) is 2. The second kappa shape index (κ2) is 9.25. The van der Waals surface area contributed by atoms with Gasteiger partial charge in [0, 0.05) is 25.4 Å². The number of aliphatic carboxylic acids is 1. The van der Waals surface area contributed by atoms with E-state index in [1.54, 1.807) is 0 Å². The quantitative estimate of drug-likeness (QED) is 0.621. The number of carbonyl (C=O) groups is 3. The minimum atomic E-state index is -0.970. The Labute approximate surface area is 193 Å². The minimum absolute atomic E-state index is 0.00352. The van der Waals surface area contributed by atoms with Gasteiger partial charge in [-0.3, -0.25) is 4.79 Å². The molecule has 2 aliphatic rings. The summed E-state index contributed by atoms with van der Waals surface area (Å²) < 4.78 is 5.50. The normalized spacial score (nSPS) is 18.5. The molecule has 1 aliphatic carbocycles. The molecule has 4 rings (SSSR count). The van der Waals surface area contributed by atoms with E-state index in [4.69, 9.17) is 4.74 Å². The maximum absolute atomic E-state index is 12.5. The molecule has 0 spiro atoms. The lowest BCUT2D eigenvalue weighted by atomic mass is 9.85. The largest absolute Gasteiger partial charge is 0.480 e. The molecule has 2 amide bonds. The highest BCUT2D eigenvalue weighted by molar-refractivity contribution is 5.85. The first-order valence-electron chi connectivity index (χ1n) is 11.4. The lowest BCUT2D eigenvalue weighted by Crippen LogP contribution is -2.46. The molecule has 1 aliphatic heterocycles. The van der Waals surface area contributed by atoms with Crippen LogP contribution in [0.4, 0.5) is 4.79 Å². The zero-order valence-corrected chi connectivity index (χ0v) is 19.0. The lowest BCUT2D eigenvalue weighted by molar-refractivity contribution is -0.151. The molecule has 2 aromatic carbocycles. The van der Waals surface area contributed by atoms with Crippen molar-refractivity contribution < 1.29 is 24.2 Å². The molecule has 0 aromatic heterocycles. The molecule has 1 unspecified atom stereocenters. The molecule has 0 saturated carbocycles. The molecule has 1 fully saturated rings. The van der Waals surface area contributed by atoms with Gasteiger partial charge in [-0.1, -0.05) is 62.4 Å². The van der Waals surface area contributed by atoms with Gasteiger partial charge in [0.05, 0.1) is 0 Å². The van der Waals surface area contributed by atoms with Crippen molar-refractivity contribution in [2.24, 2.45) is 5.41 Å². The Kier molecular flexibility index (Phi) is 6.40. The van der Waals surface area contributed by atoms with Crippen LogP contribution in [0.15, 0.2) is 48.5 Å². The van der Waals surface area contributed by atoms with Crippen molar-refractivity contribution in [3.63, 3.8) is 0 Å². The van der Waals surface area contributed by atoms with E-state index >= 15 is 0 Å². The highest BCUT2D eigenvalue weighted by Gasteiger charge is 2.46. The van der Waals surface area contributed by atoms with Crippen LogP contribution >= 0.6 is 0 Å². The fourth-order valence-electron chi connectivity index (χ4n) is 5.06. The third-order valence-electron chi connectivity index (χ3n) is 6.78. The van der Waals surface area contributed by atoms with Gasteiger partial charge in [-0.25, -0.2) is 9.59 Å². The molecule has 0 radical (unpaired) electrons. The predicted molar refractivity (Wildman–Crippen MR) is 124 cm³/mol. The zero-order valence-electron chi connectivity index (χ0n) is 19.0. The number of carbonyl (C=O) groups excluding carboxylic acids is 2. The minimum Gasteiger partial charge on any atom is -0.480 e. The zero-order chi connectivity index (χ0) is 23.6. The van der Waals surface area contributed by atoms with Gasteiger partial charge in [0.1, 0.15) is 12.6 Å². The summed E-state index contributed by atoms with van der Waals surface area (Å²) in [5.74, 6) is -1.17. The molecule has 7 heteroatoms. The maximum Gasteiger partial charge on any atom is 0.407 e. The summed E-state index contributed by atoms with van der Waals surface area (Å²) in [6, 6.07) is 15.5. The van der Waals surface area contributed by atoms with Crippen molar-refractivity contribution in [2.75, 3.05) is 19.7 Å². The van der Waals surface area contributed by atoms with E-state index in [9.17, 15) is 19.5 Å². The smallest absolute Gasteiger partial charge is 0.407 e. The molecule has 0 bridgehead atoms. The molecule has 7 nitrogen and oxygen atoms in total. The number of rotatable bonds is 7. The Morgan fingerprint density at radius 1 is 1.06 bits per heavy atom. The summed E-state index contributed by atoms with van der Waals surface area (Å²) >= 11 is 0. The number of carboxylic acids is 1. The summed E-state index contributed by atoms with van der Waals surface area (Å²) in [4.78, 5) is 37.9. The van der Waals surface area contributed by atoms with Gasteiger partial charge in [-0.05, 0) is 40.5 Å². The van der Waals surface area contributed by atoms with Crippen LogP contribution in [0.3, 0.4) is 0 Å². The summed E-state index contributed by atoms with van der Waals surface area (Å²) in [7, 11) is 0. The SMILES string of the molecule is CC1(C)CCN(C(=O)CCCNC(=O)OCC2c3ccccc3-c3ccccc32)C1C(=O)O. The van der Waals surface area contributed by atoms with Crippen molar-refractivity contribution in [1.29, 1.82) is 0 Å². The Morgan fingerprint density at radius 3 is 2.27 bits per heavy atom. The van der Waals surface area contributed by atoms with Crippen molar-refractivity contribution in [3.8, 4) is 11.1 Å². The standard InChI is InChI=1S/C26H30N2O5/c1-26(2)13-15-28(23(26)24(30)31)22(29)12-7-14-27-25(32)33-16-21-19-10-5-3-8-17(19)18-9-4-6-11-20(18)21/h3-6,8-11,21,23H,7,12-16H2,1-2H3,(H,27,32)(H,30,31). The topological polar surface area (TPSA) is 95.9 Å². The molecule has 2 N–H and O–H groups in total. The van der Waals surface area contributed by atoms with Gasteiger partial charge < -0.3 is 20.1 Å². The van der Waals surface area contributed by atoms with Crippen LogP contribution in [0.5, 0.6) is 0 Å². The van der Waals surface area contributed by atoms with Gasteiger partial charge in [-0.15, -0.1) is 0 Å². The average Bonchev–Trinajstić information content (AvgIpc) is 3.29. The van der Waals surface area contributed by atoms with E-state index in [-0.39, 0.29) is 31.4 Å². The highest BCUT2D eigenvalue weighted by Crippen LogP contribution is 2.44. The highest BCUT2D eigenvalue weighted by atomic mass is 16.5. The first kappa shape index (κ1) is 22.8. The molecule has 1 saturated heterocycles. The number of alkyl carbamates (subject to hydrolysis) is 1. The van der Waals surface area contributed by atoms with E-state index in [1.165, 1.54) is 16.0 Å². The summed E-state index contributed by atoms with van der Waals surface area (Å²) in [6.45, 7) is 4.72. The number of nitrogens with one attached hydrogen (secondary N) is 1. The number of benzene rings is 2. The van der Waals surface area contributed by atoms with Gasteiger partial charge >= 0.3 is 12.1 Å². The lowest BCUT2D eigenvalue weighted by Gasteiger charge is -2.29. The first-order valence-corrected chi connectivity index (χ1v) is 11.4. The number of hydrogen-bond acceptors (Lipinski definition) is 4. The van der Waals surface area contributed by atoms with Gasteiger partial charge in [0.25, 0.3) is 0 Å². The van der Waals surface area contributed by atoms with E-state index in [0.29, 0.717) is 19.4 Å². The Bertz CT molecular complexity index is 1020. The monoisotopic (exact) mass is 450 g/mol. The van der Waals surface area contributed by atoms with E-state index in [2.05, 4.69) is 29.6 Å². The molecule has 33 heavy (non-hydrogen) atoms. The summed E-state index contributed by atoms with van der Waals surface area (Å²) in [5, 5.41) is 12.2. The maximum atomic E-state index is 12.5. The fraction of sp³-hybridized carbons (Fsp3) is 0.423. The number of likely N-dealkylation sites (tertiary alicyclic amines) is 1. The van der Waals surface area contributed by atoms with Crippen LogP contribution in [-0.4, -0.2) is 53.7 Å². The predicted octanol–water partition coefficient (Wildman–Crippen LogP) is 4.02. The Hall–Kier alpha value is -3.35. The molecule has 1 atom stereocenters. The van der Waals surface area contributed by atoms with E-state index < -0.39 is 23.5 Å². The first-order chi connectivity index (χ1) is 15.8. The number of carboxylic acid groups (broad SMARTS) is 1. The summed E-state index contributed by atoms with van der Waals surface area (Å²) in [5.41, 5.74) is 4.20. The van der Waals surface area contributed by atoms with Crippen LogP contribution < -0.4 is 5.32 Å². The van der Waals surface area contributed by atoms with E-state index in [0.717, 1.165) is 11.1 Å². The second-order valence-corrected chi connectivity index (χ2v) is 9.42. The van der Waals surface area contributed by atoms with Gasteiger partial charge in [0.2, 0.25) is 5.91 Å². The number of fused-ring (bicyclic) bond motifs is 3. The summed E-state index contributed by atoms with van der Waals surface area (Å²) in [6.07, 6.45) is 0.749. The molecule has 1 heterocycles. The van der Waals surface area contributed by atoms with Crippen LogP contribution in [-0.2, 0) is 14.3 Å². The van der Waals surface area contributed by atoms with Crippen LogP contribution in [0.1, 0.15) is 50.2 Å². The van der Waals surface area contributed by atoms with Crippen molar-refractivity contribution in [1.82, 2.24) is 10.2 Å². The fourth-order valence-corrected chi connectivity index (χ4v) is 5.06. The van der Waals surface area contributed by atoms with Crippen molar-refractivity contribution >= 4 is 18.0 Å². The second-order valence-electron chi connectivity index (χ2n) is 9.42. The number of amides is 2. The van der Waals surface area contributed by atoms with Crippen molar-refractivity contribution in [2.45, 2.75) is 45.1 Å². The van der Waals surface area contributed by atoms with Crippen LogP contribution in [0, 0.1) is 5.41 Å². The van der Waals surface area contributed by atoms with Gasteiger partial charge in [0.15, 0.2) is 0 Å². The third kappa shape index (κ3) is 4.58. The van der Waals surface area contributed by atoms with Crippen LogP contribution in [0.2, 0.25) is 0 Å². The third-order valence-corrected chi connectivity index (χ3v) is 6.78. The molecule has 2 aromatic rings. The van der Waals surface area contributed by atoms with Gasteiger partial charge in [-0.2, -0.15) is 0 Å². The molecular formula is C26H30N2O5. The van der Waals surface area contributed by atoms with Crippen molar-refractivity contribution in [3.05, 3.63) is 59.7 Å². The number of nitrogens with zero attached hydrogens (tertiary/aromatic N) is 1. The Morgan fingerprint density at radius 2 is 1.67 bits per heavy atom. The average molecular weight is 451 g/mol. The van der Waals surface area contributed by atoms with E-state index in [1.807, 2.05) is 38.1 Å². The number of ether oxygens (including phenoxy) is 1.